The zero-order valence-electron chi connectivity index (χ0n) is 11.8. The van der Waals surface area contributed by atoms with Crippen molar-refractivity contribution in [3.8, 4) is 5.69 Å². The van der Waals surface area contributed by atoms with E-state index >= 15 is 0 Å². The van der Waals surface area contributed by atoms with Crippen molar-refractivity contribution in [2.75, 3.05) is 21.1 Å². The predicted molar refractivity (Wildman–Crippen MR) is 82.5 cm³/mol. The van der Waals surface area contributed by atoms with Crippen LogP contribution in [-0.2, 0) is 6.54 Å². The van der Waals surface area contributed by atoms with E-state index in [2.05, 4.69) is 15.4 Å². The van der Waals surface area contributed by atoms with Crippen molar-refractivity contribution in [3.63, 3.8) is 0 Å². The molecule has 1 aromatic carbocycles. The van der Waals surface area contributed by atoms with Crippen LogP contribution in [0.2, 0.25) is 5.02 Å². The summed E-state index contributed by atoms with van der Waals surface area (Å²) in [6, 6.07) is 7.57. The van der Waals surface area contributed by atoms with Gasteiger partial charge in [-0.25, -0.2) is 4.68 Å². The Bertz CT molecular complexity index is 586. The number of rotatable bonds is 3. The zero-order valence-corrected chi connectivity index (χ0v) is 12.6. The van der Waals surface area contributed by atoms with Crippen LogP contribution in [-0.4, -0.2) is 41.8 Å². The van der Waals surface area contributed by atoms with E-state index in [1.807, 2.05) is 60.3 Å². The Hall–Kier alpha value is -2.01. The summed E-state index contributed by atoms with van der Waals surface area (Å²) in [6.07, 6.45) is 3.82. The monoisotopic (exact) mass is 291 g/mol. The molecule has 6 heteroatoms. The maximum Gasteiger partial charge on any atom is 0.193 e. The molecule has 20 heavy (non-hydrogen) atoms. The van der Waals surface area contributed by atoms with Gasteiger partial charge in [0.2, 0.25) is 0 Å². The van der Waals surface area contributed by atoms with E-state index in [1.54, 1.807) is 7.05 Å². The van der Waals surface area contributed by atoms with Crippen LogP contribution >= 0.6 is 11.6 Å². The van der Waals surface area contributed by atoms with Crippen LogP contribution in [0.5, 0.6) is 0 Å². The Balaban J connectivity index is 2.04. The van der Waals surface area contributed by atoms with Gasteiger partial charge in [-0.3, -0.25) is 4.99 Å². The molecule has 0 atom stereocenters. The lowest BCUT2D eigenvalue weighted by atomic mass is 10.3. The van der Waals surface area contributed by atoms with Crippen molar-refractivity contribution in [2.45, 2.75) is 6.54 Å². The van der Waals surface area contributed by atoms with Crippen molar-refractivity contribution < 1.29 is 0 Å². The fraction of sp³-hybridized carbons (Fsp3) is 0.286. The molecule has 0 aliphatic rings. The predicted octanol–water partition coefficient (Wildman–Crippen LogP) is 2.16. The second-order valence-electron chi connectivity index (χ2n) is 4.56. The van der Waals surface area contributed by atoms with Gasteiger partial charge in [0.1, 0.15) is 0 Å². The Kier molecular flexibility index (Phi) is 4.63. The number of hydrogen-bond donors (Lipinski definition) is 1. The van der Waals surface area contributed by atoms with E-state index < -0.39 is 0 Å². The third-order valence-electron chi connectivity index (χ3n) is 2.81. The van der Waals surface area contributed by atoms with Crippen molar-refractivity contribution in [1.82, 2.24) is 20.0 Å². The maximum absolute atomic E-state index is 5.88. The number of nitrogens with one attached hydrogen (secondary N) is 1. The summed E-state index contributed by atoms with van der Waals surface area (Å²) in [5.41, 5.74) is 2.07. The molecular formula is C14H18ClN5. The van der Waals surface area contributed by atoms with Crippen molar-refractivity contribution >= 4 is 17.6 Å². The lowest BCUT2D eigenvalue weighted by Gasteiger charge is -2.16. The van der Waals surface area contributed by atoms with E-state index in [0.717, 1.165) is 22.2 Å². The van der Waals surface area contributed by atoms with Gasteiger partial charge in [0.25, 0.3) is 0 Å². The molecule has 1 N–H and O–H groups in total. The van der Waals surface area contributed by atoms with E-state index in [4.69, 9.17) is 11.6 Å². The molecule has 0 spiro atoms. The minimum Gasteiger partial charge on any atom is -0.352 e. The highest BCUT2D eigenvalue weighted by Gasteiger charge is 2.03. The molecule has 1 aromatic heterocycles. The average Bonchev–Trinajstić information content (AvgIpc) is 2.89. The first kappa shape index (κ1) is 14.4. The molecule has 0 fully saturated rings. The van der Waals surface area contributed by atoms with Gasteiger partial charge >= 0.3 is 0 Å². The normalized spacial score (nSPS) is 11.5. The standard InChI is InChI=1S/C14H18ClN5/c1-16-14(19(2)3)17-8-11-9-18-20(10-11)13-6-4-12(15)5-7-13/h4-7,9-10H,8H2,1-3H3,(H,16,17). The van der Waals surface area contributed by atoms with Gasteiger partial charge in [0.05, 0.1) is 11.9 Å². The Morgan fingerprint density at radius 1 is 1.35 bits per heavy atom. The lowest BCUT2D eigenvalue weighted by Crippen LogP contribution is -2.35. The van der Waals surface area contributed by atoms with Gasteiger partial charge in [-0.05, 0) is 24.3 Å². The summed E-state index contributed by atoms with van der Waals surface area (Å²) in [4.78, 5) is 6.10. The smallest absolute Gasteiger partial charge is 0.193 e. The SMILES string of the molecule is CN=C(NCc1cnn(-c2ccc(Cl)cc2)c1)N(C)C. The zero-order chi connectivity index (χ0) is 14.5. The largest absolute Gasteiger partial charge is 0.352 e. The van der Waals surface area contributed by atoms with E-state index in [-0.39, 0.29) is 0 Å². The molecule has 106 valence electrons. The van der Waals surface area contributed by atoms with Crippen molar-refractivity contribution in [2.24, 2.45) is 4.99 Å². The Morgan fingerprint density at radius 2 is 2.05 bits per heavy atom. The van der Waals surface area contributed by atoms with Crippen LogP contribution in [0, 0.1) is 0 Å². The quantitative estimate of drug-likeness (QED) is 0.696. The van der Waals surface area contributed by atoms with Gasteiger partial charge in [-0.15, -0.1) is 0 Å². The number of benzene rings is 1. The summed E-state index contributed by atoms with van der Waals surface area (Å²) in [6.45, 7) is 0.679. The van der Waals surface area contributed by atoms with Gasteiger partial charge in [0, 0.05) is 44.5 Å². The topological polar surface area (TPSA) is 45.5 Å². The summed E-state index contributed by atoms with van der Waals surface area (Å²) < 4.78 is 1.83. The number of halogens is 1. The highest BCUT2D eigenvalue weighted by atomic mass is 35.5. The molecule has 2 aromatic rings. The lowest BCUT2D eigenvalue weighted by molar-refractivity contribution is 0.583. The first-order chi connectivity index (χ1) is 9.60. The van der Waals surface area contributed by atoms with Crippen LogP contribution < -0.4 is 5.32 Å². The number of guanidine groups is 1. The van der Waals surface area contributed by atoms with Crippen LogP contribution in [0.25, 0.3) is 5.69 Å². The molecule has 0 unspecified atom stereocenters. The first-order valence-electron chi connectivity index (χ1n) is 6.27. The van der Waals surface area contributed by atoms with E-state index in [9.17, 15) is 0 Å². The highest BCUT2D eigenvalue weighted by molar-refractivity contribution is 6.30. The second-order valence-corrected chi connectivity index (χ2v) is 5.00. The van der Waals surface area contributed by atoms with Crippen LogP contribution in [0.3, 0.4) is 0 Å². The number of hydrogen-bond acceptors (Lipinski definition) is 2. The summed E-state index contributed by atoms with van der Waals surface area (Å²) >= 11 is 5.88. The van der Waals surface area contributed by atoms with E-state index in [0.29, 0.717) is 6.54 Å². The summed E-state index contributed by atoms with van der Waals surface area (Å²) in [7, 11) is 5.67. The fourth-order valence-corrected chi connectivity index (χ4v) is 1.93. The van der Waals surface area contributed by atoms with Crippen LogP contribution in [0.15, 0.2) is 41.7 Å². The molecule has 2 rings (SSSR count). The first-order valence-corrected chi connectivity index (χ1v) is 6.65. The minimum absolute atomic E-state index is 0.679. The highest BCUT2D eigenvalue weighted by Crippen LogP contribution is 2.13. The molecule has 0 radical (unpaired) electrons. The van der Waals surface area contributed by atoms with Crippen LogP contribution in [0.4, 0.5) is 0 Å². The third kappa shape index (κ3) is 3.51. The number of aliphatic imine (C=N–C) groups is 1. The molecule has 0 aliphatic heterocycles. The van der Waals surface area contributed by atoms with Gasteiger partial charge < -0.3 is 10.2 Å². The molecule has 0 saturated heterocycles. The molecule has 1 heterocycles. The maximum atomic E-state index is 5.88. The van der Waals surface area contributed by atoms with Crippen molar-refractivity contribution in [3.05, 3.63) is 47.2 Å². The Labute approximate surface area is 123 Å². The summed E-state index contributed by atoms with van der Waals surface area (Å²) in [5, 5.41) is 8.33. The van der Waals surface area contributed by atoms with Gasteiger partial charge in [0.15, 0.2) is 5.96 Å². The van der Waals surface area contributed by atoms with Crippen LogP contribution in [0.1, 0.15) is 5.56 Å². The molecule has 0 bridgehead atoms. The average molecular weight is 292 g/mol. The molecule has 0 aliphatic carbocycles. The fourth-order valence-electron chi connectivity index (χ4n) is 1.80. The molecule has 0 saturated carbocycles. The molecule has 5 nitrogen and oxygen atoms in total. The minimum atomic E-state index is 0.679. The molecular weight excluding hydrogens is 274 g/mol. The third-order valence-corrected chi connectivity index (χ3v) is 3.07. The number of nitrogens with zero attached hydrogens (tertiary/aromatic N) is 4. The number of aromatic nitrogens is 2. The van der Waals surface area contributed by atoms with E-state index in [1.165, 1.54) is 0 Å². The summed E-state index contributed by atoms with van der Waals surface area (Å²) in [5.74, 6) is 0.837. The van der Waals surface area contributed by atoms with Gasteiger partial charge in [-0.1, -0.05) is 11.6 Å². The van der Waals surface area contributed by atoms with Gasteiger partial charge in [-0.2, -0.15) is 5.10 Å². The van der Waals surface area contributed by atoms with Crippen molar-refractivity contribution in [1.29, 1.82) is 0 Å². The second kappa shape index (κ2) is 6.43. The Morgan fingerprint density at radius 3 is 2.65 bits per heavy atom. The molecule has 0 amide bonds.